The molecule has 0 bridgehead atoms. The average Bonchev–Trinajstić information content (AvgIpc) is 2.80. The lowest BCUT2D eigenvalue weighted by molar-refractivity contribution is 0.849. The van der Waals surface area contributed by atoms with Gasteiger partial charge in [-0.15, -0.1) is 21.5 Å². The van der Waals surface area contributed by atoms with Crippen molar-refractivity contribution in [2.45, 2.75) is 6.42 Å². The van der Waals surface area contributed by atoms with Gasteiger partial charge in [0.05, 0.1) is 0 Å². The molecule has 2 N–H and O–H groups in total. The first-order valence-corrected chi connectivity index (χ1v) is 5.96. The maximum atomic E-state index is 5.49. The van der Waals surface area contributed by atoms with Crippen LogP contribution < -0.4 is 10.6 Å². The second-order valence-electron chi connectivity index (χ2n) is 3.57. The molecule has 16 heavy (non-hydrogen) atoms. The topological polar surface area (TPSA) is 55.0 Å². The molecular weight excluding hydrogens is 220 g/mol. The van der Waals surface area contributed by atoms with Crippen molar-refractivity contribution in [3.8, 4) is 0 Å². The predicted octanol–water partition coefficient (Wildman–Crippen LogP) is 1.80. The van der Waals surface area contributed by atoms with Crippen LogP contribution in [0.15, 0.2) is 29.6 Å². The van der Waals surface area contributed by atoms with E-state index in [0.29, 0.717) is 5.82 Å². The molecule has 2 aromatic rings. The van der Waals surface area contributed by atoms with Gasteiger partial charge in [0.15, 0.2) is 5.82 Å². The Morgan fingerprint density at radius 2 is 2.19 bits per heavy atom. The van der Waals surface area contributed by atoms with Crippen LogP contribution in [0.25, 0.3) is 0 Å². The van der Waals surface area contributed by atoms with E-state index in [0.717, 1.165) is 18.8 Å². The number of anilines is 2. The van der Waals surface area contributed by atoms with Crippen molar-refractivity contribution in [3.05, 3.63) is 34.5 Å². The Balaban J connectivity index is 1.93. The highest BCUT2D eigenvalue weighted by molar-refractivity contribution is 7.09. The Bertz CT molecular complexity index is 424. The Morgan fingerprint density at radius 1 is 1.31 bits per heavy atom. The molecule has 0 aliphatic rings. The van der Waals surface area contributed by atoms with E-state index in [-0.39, 0.29) is 0 Å². The van der Waals surface area contributed by atoms with Gasteiger partial charge < -0.3 is 10.6 Å². The third-order valence-electron chi connectivity index (χ3n) is 2.34. The average molecular weight is 234 g/mol. The van der Waals surface area contributed by atoms with E-state index in [1.54, 1.807) is 17.4 Å². The van der Waals surface area contributed by atoms with Crippen molar-refractivity contribution in [1.82, 2.24) is 10.2 Å². The summed E-state index contributed by atoms with van der Waals surface area (Å²) in [7, 11) is 2.01. The number of thiophene rings is 1. The smallest absolute Gasteiger partial charge is 0.151 e. The quantitative estimate of drug-likeness (QED) is 0.876. The van der Waals surface area contributed by atoms with Crippen LogP contribution in [0.1, 0.15) is 4.88 Å². The molecule has 0 atom stereocenters. The molecule has 0 aliphatic heterocycles. The third kappa shape index (κ3) is 2.70. The molecule has 2 rings (SSSR count). The summed E-state index contributed by atoms with van der Waals surface area (Å²) >= 11 is 1.78. The zero-order chi connectivity index (χ0) is 11.4. The lowest BCUT2D eigenvalue weighted by atomic mass is 10.3. The molecule has 0 saturated carbocycles. The third-order valence-corrected chi connectivity index (χ3v) is 3.27. The van der Waals surface area contributed by atoms with Crippen LogP contribution in [0, 0.1) is 0 Å². The van der Waals surface area contributed by atoms with Gasteiger partial charge in [-0.2, -0.15) is 0 Å². The van der Waals surface area contributed by atoms with E-state index < -0.39 is 0 Å². The molecule has 84 valence electrons. The van der Waals surface area contributed by atoms with Crippen molar-refractivity contribution >= 4 is 23.0 Å². The fourth-order valence-corrected chi connectivity index (χ4v) is 2.08. The number of rotatable bonds is 4. The maximum absolute atomic E-state index is 5.49. The minimum absolute atomic E-state index is 0.454. The molecule has 2 heterocycles. The van der Waals surface area contributed by atoms with Crippen LogP contribution in [0.3, 0.4) is 0 Å². The number of hydrogen-bond donors (Lipinski definition) is 1. The summed E-state index contributed by atoms with van der Waals surface area (Å²) in [5, 5.41) is 9.96. The van der Waals surface area contributed by atoms with Crippen LogP contribution >= 0.6 is 11.3 Å². The molecule has 0 amide bonds. The minimum atomic E-state index is 0.454. The van der Waals surface area contributed by atoms with Crippen LogP contribution in [0.4, 0.5) is 11.6 Å². The SMILES string of the molecule is CN(CCc1cccs1)c1ccc(N)nn1. The van der Waals surface area contributed by atoms with E-state index in [4.69, 9.17) is 5.73 Å². The van der Waals surface area contributed by atoms with E-state index in [1.165, 1.54) is 4.88 Å². The highest BCUT2D eigenvalue weighted by atomic mass is 32.1. The number of likely N-dealkylation sites (N-methyl/N-ethyl adjacent to an activating group) is 1. The first-order chi connectivity index (χ1) is 7.75. The zero-order valence-electron chi connectivity index (χ0n) is 9.13. The van der Waals surface area contributed by atoms with Crippen molar-refractivity contribution in [1.29, 1.82) is 0 Å². The van der Waals surface area contributed by atoms with Gasteiger partial charge >= 0.3 is 0 Å². The highest BCUT2D eigenvalue weighted by Gasteiger charge is 2.03. The molecule has 0 spiro atoms. The first-order valence-electron chi connectivity index (χ1n) is 5.08. The molecule has 2 aromatic heterocycles. The van der Waals surface area contributed by atoms with Crippen LogP contribution in [-0.2, 0) is 6.42 Å². The zero-order valence-corrected chi connectivity index (χ0v) is 9.94. The predicted molar refractivity (Wildman–Crippen MR) is 67.7 cm³/mol. The van der Waals surface area contributed by atoms with E-state index >= 15 is 0 Å². The van der Waals surface area contributed by atoms with Crippen molar-refractivity contribution in [3.63, 3.8) is 0 Å². The normalized spacial score (nSPS) is 10.3. The number of nitrogens with two attached hydrogens (primary N) is 1. The number of aromatic nitrogens is 2. The van der Waals surface area contributed by atoms with Gasteiger partial charge in [-0.3, -0.25) is 0 Å². The highest BCUT2D eigenvalue weighted by Crippen LogP contribution is 2.12. The molecule has 0 aliphatic carbocycles. The van der Waals surface area contributed by atoms with Gasteiger partial charge in [-0.25, -0.2) is 0 Å². The lowest BCUT2D eigenvalue weighted by Crippen LogP contribution is -2.21. The minimum Gasteiger partial charge on any atom is -0.382 e. The van der Waals surface area contributed by atoms with Crippen LogP contribution in [0.5, 0.6) is 0 Å². The van der Waals surface area contributed by atoms with Gasteiger partial charge in [0.2, 0.25) is 0 Å². The standard InChI is InChI=1S/C11H14N4S/c1-15(7-6-9-3-2-8-16-9)11-5-4-10(12)13-14-11/h2-5,8H,6-7H2,1H3,(H2,12,13). The fraction of sp³-hybridized carbons (Fsp3) is 0.273. The first kappa shape index (κ1) is 10.9. The van der Waals surface area contributed by atoms with Gasteiger partial charge in [-0.05, 0) is 30.0 Å². The second kappa shape index (κ2) is 4.94. The van der Waals surface area contributed by atoms with Crippen LogP contribution in [0.2, 0.25) is 0 Å². The summed E-state index contributed by atoms with van der Waals surface area (Å²) in [5.74, 6) is 1.31. The molecule has 0 aromatic carbocycles. The largest absolute Gasteiger partial charge is 0.382 e. The van der Waals surface area contributed by atoms with E-state index in [1.807, 2.05) is 13.1 Å². The molecule has 5 heteroatoms. The Hall–Kier alpha value is -1.62. The van der Waals surface area contributed by atoms with Crippen LogP contribution in [-0.4, -0.2) is 23.8 Å². The van der Waals surface area contributed by atoms with Crippen molar-refractivity contribution in [2.24, 2.45) is 0 Å². The number of hydrogen-bond acceptors (Lipinski definition) is 5. The van der Waals surface area contributed by atoms with Crippen molar-refractivity contribution < 1.29 is 0 Å². The van der Waals surface area contributed by atoms with E-state index in [2.05, 4.69) is 32.6 Å². The summed E-state index contributed by atoms with van der Waals surface area (Å²) in [4.78, 5) is 3.46. The van der Waals surface area contributed by atoms with Gasteiger partial charge in [0.1, 0.15) is 5.82 Å². The monoisotopic (exact) mass is 234 g/mol. The summed E-state index contributed by atoms with van der Waals surface area (Å²) < 4.78 is 0. The fourth-order valence-electron chi connectivity index (χ4n) is 1.39. The Morgan fingerprint density at radius 3 is 2.81 bits per heavy atom. The second-order valence-corrected chi connectivity index (χ2v) is 4.60. The molecule has 0 saturated heterocycles. The lowest BCUT2D eigenvalue weighted by Gasteiger charge is -2.16. The molecule has 4 nitrogen and oxygen atoms in total. The number of nitrogens with zero attached hydrogens (tertiary/aromatic N) is 3. The van der Waals surface area contributed by atoms with Gasteiger partial charge in [0.25, 0.3) is 0 Å². The number of nitrogen functional groups attached to an aromatic ring is 1. The maximum Gasteiger partial charge on any atom is 0.151 e. The molecule has 0 fully saturated rings. The van der Waals surface area contributed by atoms with E-state index in [9.17, 15) is 0 Å². The molecular formula is C11H14N4S. The molecule has 0 unspecified atom stereocenters. The molecule has 0 radical (unpaired) electrons. The van der Waals surface area contributed by atoms with Gasteiger partial charge in [-0.1, -0.05) is 6.07 Å². The summed E-state index contributed by atoms with van der Waals surface area (Å²) in [6, 6.07) is 7.87. The van der Waals surface area contributed by atoms with Gasteiger partial charge in [0, 0.05) is 18.5 Å². The summed E-state index contributed by atoms with van der Waals surface area (Å²) in [6.07, 6.45) is 1.03. The summed E-state index contributed by atoms with van der Waals surface area (Å²) in [6.45, 7) is 0.930. The summed E-state index contributed by atoms with van der Waals surface area (Å²) in [5.41, 5.74) is 5.49. The van der Waals surface area contributed by atoms with Crippen molar-refractivity contribution in [2.75, 3.05) is 24.2 Å². The Kier molecular flexibility index (Phi) is 3.36. The Labute approximate surface area is 98.7 Å².